The van der Waals surface area contributed by atoms with E-state index in [4.69, 9.17) is 4.52 Å². The molecular formula is C11H15O3P. The summed E-state index contributed by atoms with van der Waals surface area (Å²) in [5.74, 6) is 0.416. The zero-order chi connectivity index (χ0) is 11.3. The summed E-state index contributed by atoms with van der Waals surface area (Å²) in [7, 11) is -2.60. The molecular weight excluding hydrogens is 211 g/mol. The normalized spacial score (nSPS) is 11.1. The average molecular weight is 226 g/mol. The smallest absolute Gasteiger partial charge is 0.247 e. The van der Waals surface area contributed by atoms with Crippen LogP contribution in [0.25, 0.3) is 0 Å². The molecule has 1 aromatic rings. The molecule has 0 aliphatic heterocycles. The first kappa shape index (κ1) is 12.0. The van der Waals surface area contributed by atoms with Gasteiger partial charge in [-0.25, -0.2) is 0 Å². The van der Waals surface area contributed by atoms with Crippen molar-refractivity contribution in [2.75, 3.05) is 12.3 Å². The Kier molecular flexibility index (Phi) is 4.10. The third kappa shape index (κ3) is 2.93. The van der Waals surface area contributed by atoms with Gasteiger partial charge in [0.1, 0.15) is 5.75 Å². The topological polar surface area (TPSA) is 43.4 Å². The highest BCUT2D eigenvalue weighted by Gasteiger charge is 2.20. The van der Waals surface area contributed by atoms with Crippen LogP contribution in [0.15, 0.2) is 24.3 Å². The fourth-order valence-corrected chi connectivity index (χ4v) is 2.42. The van der Waals surface area contributed by atoms with Crippen molar-refractivity contribution in [3.8, 4) is 5.75 Å². The van der Waals surface area contributed by atoms with Gasteiger partial charge in [0.05, 0.1) is 5.56 Å². The predicted molar refractivity (Wildman–Crippen MR) is 61.1 cm³/mol. The van der Waals surface area contributed by atoms with E-state index in [1.54, 1.807) is 24.3 Å². The number of para-hydroxylation sites is 1. The SMILES string of the molecule is CCP(=O)(CC)Oc1ccccc1C=O. The Bertz CT molecular complexity index is 379. The number of carbonyl (C=O) groups is 1. The Hall–Kier alpha value is -1.08. The van der Waals surface area contributed by atoms with Crippen LogP contribution in [0.1, 0.15) is 24.2 Å². The standard InChI is InChI=1S/C11H15O3P/c1-3-15(13,4-2)14-11-8-6-5-7-10(11)9-12/h5-9H,3-4H2,1-2H3. The summed E-state index contributed by atoms with van der Waals surface area (Å²) in [6.45, 7) is 3.65. The second-order valence-corrected chi connectivity index (χ2v) is 6.27. The minimum absolute atomic E-state index is 0.416. The van der Waals surface area contributed by atoms with E-state index in [1.165, 1.54) is 0 Å². The van der Waals surface area contributed by atoms with Gasteiger partial charge in [0.2, 0.25) is 7.37 Å². The Labute approximate surface area is 89.9 Å². The first-order valence-electron chi connectivity index (χ1n) is 4.97. The van der Waals surface area contributed by atoms with Gasteiger partial charge in [0.25, 0.3) is 0 Å². The molecule has 3 nitrogen and oxygen atoms in total. The van der Waals surface area contributed by atoms with Crippen LogP contribution in [0.2, 0.25) is 0 Å². The van der Waals surface area contributed by atoms with E-state index in [2.05, 4.69) is 0 Å². The van der Waals surface area contributed by atoms with Crippen LogP contribution in [-0.2, 0) is 4.57 Å². The van der Waals surface area contributed by atoms with Crippen LogP contribution in [0.4, 0.5) is 0 Å². The zero-order valence-corrected chi connectivity index (χ0v) is 9.87. The minimum atomic E-state index is -2.60. The lowest BCUT2D eigenvalue weighted by atomic mass is 10.2. The summed E-state index contributed by atoms with van der Waals surface area (Å²) >= 11 is 0. The molecule has 0 fully saturated rings. The number of carbonyl (C=O) groups excluding carboxylic acids is 1. The summed E-state index contributed by atoms with van der Waals surface area (Å²) in [4.78, 5) is 10.7. The van der Waals surface area contributed by atoms with Crippen LogP contribution in [-0.4, -0.2) is 18.6 Å². The Morgan fingerprint density at radius 2 is 1.87 bits per heavy atom. The third-order valence-electron chi connectivity index (χ3n) is 2.27. The second kappa shape index (κ2) is 5.13. The van der Waals surface area contributed by atoms with Crippen molar-refractivity contribution in [2.45, 2.75) is 13.8 Å². The van der Waals surface area contributed by atoms with E-state index in [0.29, 0.717) is 29.9 Å². The average Bonchev–Trinajstić information content (AvgIpc) is 2.29. The molecule has 1 aromatic carbocycles. The van der Waals surface area contributed by atoms with Crippen molar-refractivity contribution < 1.29 is 13.9 Å². The molecule has 82 valence electrons. The minimum Gasteiger partial charge on any atom is -0.442 e. The van der Waals surface area contributed by atoms with Gasteiger partial charge in [0.15, 0.2) is 6.29 Å². The molecule has 0 aliphatic carbocycles. The fraction of sp³-hybridized carbons (Fsp3) is 0.364. The van der Waals surface area contributed by atoms with Gasteiger partial charge in [-0.15, -0.1) is 0 Å². The molecule has 0 unspecified atom stereocenters. The zero-order valence-electron chi connectivity index (χ0n) is 8.97. The molecule has 0 N–H and O–H groups in total. The first-order valence-corrected chi connectivity index (χ1v) is 6.96. The molecule has 15 heavy (non-hydrogen) atoms. The molecule has 0 bridgehead atoms. The highest BCUT2D eigenvalue weighted by atomic mass is 31.2. The molecule has 0 saturated carbocycles. The molecule has 1 rings (SSSR count). The second-order valence-electron chi connectivity index (χ2n) is 3.19. The van der Waals surface area contributed by atoms with Gasteiger partial charge in [-0.05, 0) is 12.1 Å². The van der Waals surface area contributed by atoms with Crippen LogP contribution < -0.4 is 4.52 Å². The molecule has 0 aliphatic rings. The van der Waals surface area contributed by atoms with Gasteiger partial charge in [-0.1, -0.05) is 26.0 Å². The molecule has 0 heterocycles. The van der Waals surface area contributed by atoms with Gasteiger partial charge in [-0.2, -0.15) is 0 Å². The van der Waals surface area contributed by atoms with Gasteiger partial charge in [-0.3, -0.25) is 9.36 Å². The van der Waals surface area contributed by atoms with Crippen LogP contribution in [0.5, 0.6) is 5.75 Å². The van der Waals surface area contributed by atoms with E-state index < -0.39 is 7.37 Å². The summed E-state index contributed by atoms with van der Waals surface area (Å²) in [6.07, 6.45) is 1.68. The van der Waals surface area contributed by atoms with Gasteiger partial charge < -0.3 is 4.52 Å². The monoisotopic (exact) mass is 226 g/mol. The van der Waals surface area contributed by atoms with E-state index >= 15 is 0 Å². The number of hydrogen-bond acceptors (Lipinski definition) is 3. The molecule has 0 saturated heterocycles. The highest BCUT2D eigenvalue weighted by Crippen LogP contribution is 2.46. The molecule has 0 aromatic heterocycles. The van der Waals surface area contributed by atoms with E-state index in [1.807, 2.05) is 13.8 Å². The van der Waals surface area contributed by atoms with Crippen LogP contribution >= 0.6 is 7.37 Å². The van der Waals surface area contributed by atoms with Gasteiger partial charge in [0, 0.05) is 12.3 Å². The van der Waals surface area contributed by atoms with Crippen molar-refractivity contribution in [3.63, 3.8) is 0 Å². The Morgan fingerprint density at radius 3 is 2.40 bits per heavy atom. The molecule has 4 heteroatoms. The van der Waals surface area contributed by atoms with Crippen LogP contribution in [0, 0.1) is 0 Å². The Morgan fingerprint density at radius 1 is 1.27 bits per heavy atom. The quantitative estimate of drug-likeness (QED) is 0.572. The molecule has 0 spiro atoms. The van der Waals surface area contributed by atoms with Crippen molar-refractivity contribution >= 4 is 13.7 Å². The maximum Gasteiger partial charge on any atom is 0.247 e. The summed E-state index contributed by atoms with van der Waals surface area (Å²) in [5.41, 5.74) is 0.444. The fourth-order valence-electron chi connectivity index (χ4n) is 1.19. The van der Waals surface area contributed by atoms with Crippen molar-refractivity contribution in [1.29, 1.82) is 0 Å². The van der Waals surface area contributed by atoms with E-state index in [0.717, 1.165) is 0 Å². The maximum atomic E-state index is 12.1. The maximum absolute atomic E-state index is 12.1. The lowest BCUT2D eigenvalue weighted by molar-refractivity contribution is 0.112. The number of rotatable bonds is 5. The third-order valence-corrected chi connectivity index (χ3v) is 4.73. The lowest BCUT2D eigenvalue weighted by Crippen LogP contribution is -2.00. The van der Waals surface area contributed by atoms with Crippen LogP contribution in [0.3, 0.4) is 0 Å². The number of aldehydes is 1. The van der Waals surface area contributed by atoms with Crippen molar-refractivity contribution in [3.05, 3.63) is 29.8 Å². The highest BCUT2D eigenvalue weighted by molar-refractivity contribution is 7.59. The Balaban J connectivity index is 2.98. The van der Waals surface area contributed by atoms with E-state index in [9.17, 15) is 9.36 Å². The number of hydrogen-bond donors (Lipinski definition) is 0. The van der Waals surface area contributed by atoms with E-state index in [-0.39, 0.29) is 0 Å². The summed E-state index contributed by atoms with van der Waals surface area (Å²) < 4.78 is 17.5. The molecule has 0 radical (unpaired) electrons. The largest absolute Gasteiger partial charge is 0.442 e. The number of benzene rings is 1. The summed E-state index contributed by atoms with van der Waals surface area (Å²) in [6, 6.07) is 6.83. The predicted octanol–water partition coefficient (Wildman–Crippen LogP) is 3.20. The first-order chi connectivity index (χ1) is 7.15. The van der Waals surface area contributed by atoms with Gasteiger partial charge >= 0.3 is 0 Å². The van der Waals surface area contributed by atoms with Crippen molar-refractivity contribution in [1.82, 2.24) is 0 Å². The summed E-state index contributed by atoms with van der Waals surface area (Å²) in [5, 5.41) is 0. The van der Waals surface area contributed by atoms with Crippen molar-refractivity contribution in [2.24, 2.45) is 0 Å². The molecule has 0 amide bonds. The molecule has 0 atom stereocenters. The lowest BCUT2D eigenvalue weighted by Gasteiger charge is -2.17.